The number of hydrogen-bond acceptors (Lipinski definition) is 3. The van der Waals surface area contributed by atoms with Crippen molar-refractivity contribution in [2.24, 2.45) is 11.8 Å². The van der Waals surface area contributed by atoms with Gasteiger partial charge < -0.3 is 9.80 Å². The minimum absolute atomic E-state index is 0.394. The molecule has 1 fully saturated rings. The van der Waals surface area contributed by atoms with Crippen LogP contribution in [0.4, 0.5) is 11.4 Å². The fourth-order valence-corrected chi connectivity index (χ4v) is 3.06. The Morgan fingerprint density at radius 1 is 1.15 bits per heavy atom. The summed E-state index contributed by atoms with van der Waals surface area (Å²) in [6, 6.07) is 5.73. The van der Waals surface area contributed by atoms with Crippen LogP contribution in [0.15, 0.2) is 18.2 Å². The lowest BCUT2D eigenvalue weighted by atomic mass is 9.88. The molecule has 2 heterocycles. The van der Waals surface area contributed by atoms with Crippen molar-refractivity contribution in [1.82, 2.24) is 0 Å². The number of fused-ring (bicyclic) bond motifs is 1. The van der Waals surface area contributed by atoms with E-state index < -0.39 is 11.7 Å². The molecule has 0 aliphatic carbocycles. The van der Waals surface area contributed by atoms with E-state index in [4.69, 9.17) is 0 Å². The van der Waals surface area contributed by atoms with Crippen molar-refractivity contribution in [3.63, 3.8) is 0 Å². The normalized spacial score (nSPS) is 26.1. The van der Waals surface area contributed by atoms with Crippen molar-refractivity contribution in [3.05, 3.63) is 23.8 Å². The minimum atomic E-state index is -0.433. The van der Waals surface area contributed by atoms with Gasteiger partial charge in [0.25, 0.3) is 11.7 Å². The SMILES string of the molecule is CC1CCN(c2ccc3c(c2)N(C)C(=O)C3=O)CC1C. The monoisotopic (exact) mass is 272 g/mol. The molecular weight excluding hydrogens is 252 g/mol. The zero-order valence-electron chi connectivity index (χ0n) is 12.2. The number of amides is 1. The quantitative estimate of drug-likeness (QED) is 0.737. The number of nitrogens with zero attached hydrogens (tertiary/aromatic N) is 2. The van der Waals surface area contributed by atoms with E-state index >= 15 is 0 Å². The maximum Gasteiger partial charge on any atom is 0.299 e. The maximum atomic E-state index is 11.8. The number of carbonyl (C=O) groups excluding carboxylic acids is 2. The summed E-state index contributed by atoms with van der Waals surface area (Å²) in [5.41, 5.74) is 2.38. The minimum Gasteiger partial charge on any atom is -0.371 e. The van der Waals surface area contributed by atoms with E-state index in [0.29, 0.717) is 11.5 Å². The Bertz CT molecular complexity index is 582. The molecule has 4 heteroatoms. The molecule has 0 N–H and O–H groups in total. The summed E-state index contributed by atoms with van der Waals surface area (Å²) in [6.07, 6.45) is 1.19. The average Bonchev–Trinajstić information content (AvgIpc) is 2.66. The van der Waals surface area contributed by atoms with Gasteiger partial charge in [0, 0.05) is 25.8 Å². The molecule has 1 saturated heterocycles. The van der Waals surface area contributed by atoms with E-state index in [1.807, 2.05) is 12.1 Å². The first-order valence-corrected chi connectivity index (χ1v) is 7.20. The van der Waals surface area contributed by atoms with Crippen LogP contribution in [0.5, 0.6) is 0 Å². The van der Waals surface area contributed by atoms with Gasteiger partial charge in [-0.15, -0.1) is 0 Å². The lowest BCUT2D eigenvalue weighted by Crippen LogP contribution is -2.38. The van der Waals surface area contributed by atoms with Gasteiger partial charge in [-0.25, -0.2) is 0 Å². The molecule has 2 aliphatic heterocycles. The zero-order chi connectivity index (χ0) is 14.4. The predicted molar refractivity (Wildman–Crippen MR) is 79.3 cm³/mol. The molecule has 1 amide bonds. The molecule has 2 atom stereocenters. The third-order valence-corrected chi connectivity index (χ3v) is 4.79. The Morgan fingerprint density at radius 2 is 1.90 bits per heavy atom. The predicted octanol–water partition coefficient (Wildman–Crippen LogP) is 2.33. The Balaban J connectivity index is 1.91. The summed E-state index contributed by atoms with van der Waals surface area (Å²) in [5, 5.41) is 0. The number of Topliss-reactive ketones (excluding diaryl/α,β-unsaturated/α-hetero) is 1. The second-order valence-corrected chi connectivity index (χ2v) is 6.08. The number of piperidine rings is 1. The average molecular weight is 272 g/mol. The highest BCUT2D eigenvalue weighted by atomic mass is 16.2. The summed E-state index contributed by atoms with van der Waals surface area (Å²) in [4.78, 5) is 27.3. The van der Waals surface area contributed by atoms with Crippen LogP contribution >= 0.6 is 0 Å². The van der Waals surface area contributed by atoms with Gasteiger partial charge in [0.1, 0.15) is 0 Å². The molecule has 2 unspecified atom stereocenters. The van der Waals surface area contributed by atoms with E-state index in [1.165, 1.54) is 11.3 Å². The highest BCUT2D eigenvalue weighted by Gasteiger charge is 2.34. The number of hydrogen-bond donors (Lipinski definition) is 0. The second-order valence-electron chi connectivity index (χ2n) is 6.08. The maximum absolute atomic E-state index is 11.8. The van der Waals surface area contributed by atoms with Gasteiger partial charge in [-0.3, -0.25) is 9.59 Å². The van der Waals surface area contributed by atoms with Crippen molar-refractivity contribution in [3.8, 4) is 0 Å². The van der Waals surface area contributed by atoms with Gasteiger partial charge in [-0.05, 0) is 36.5 Å². The fourth-order valence-electron chi connectivity index (χ4n) is 3.06. The molecule has 1 aromatic carbocycles. The largest absolute Gasteiger partial charge is 0.371 e. The Labute approximate surface area is 119 Å². The van der Waals surface area contributed by atoms with Crippen LogP contribution in [-0.2, 0) is 4.79 Å². The summed E-state index contributed by atoms with van der Waals surface area (Å²) in [6.45, 7) is 6.65. The Morgan fingerprint density at radius 3 is 2.60 bits per heavy atom. The molecule has 0 saturated carbocycles. The van der Waals surface area contributed by atoms with Crippen LogP contribution < -0.4 is 9.80 Å². The van der Waals surface area contributed by atoms with E-state index in [2.05, 4.69) is 18.7 Å². The summed E-state index contributed by atoms with van der Waals surface area (Å²) >= 11 is 0. The molecular formula is C16H20N2O2. The highest BCUT2D eigenvalue weighted by Crippen LogP contribution is 2.34. The molecule has 106 valence electrons. The molecule has 1 aromatic rings. The summed E-state index contributed by atoms with van der Waals surface area (Å²) < 4.78 is 0. The second kappa shape index (κ2) is 4.62. The fraction of sp³-hybridized carbons (Fsp3) is 0.500. The van der Waals surface area contributed by atoms with E-state index in [9.17, 15) is 9.59 Å². The molecule has 0 aromatic heterocycles. The topological polar surface area (TPSA) is 40.6 Å². The molecule has 4 nitrogen and oxygen atoms in total. The third kappa shape index (κ3) is 1.90. The molecule has 3 rings (SSSR count). The van der Waals surface area contributed by atoms with Crippen molar-refractivity contribution in [1.29, 1.82) is 0 Å². The number of anilines is 2. The van der Waals surface area contributed by atoms with Crippen molar-refractivity contribution in [2.75, 3.05) is 29.9 Å². The van der Waals surface area contributed by atoms with Crippen molar-refractivity contribution in [2.45, 2.75) is 20.3 Å². The molecule has 2 aliphatic rings. The van der Waals surface area contributed by atoms with Crippen LogP contribution in [0.2, 0.25) is 0 Å². The first kappa shape index (κ1) is 13.2. The number of likely N-dealkylation sites (N-methyl/N-ethyl adjacent to an activating group) is 1. The van der Waals surface area contributed by atoms with Crippen LogP contribution in [0.25, 0.3) is 0 Å². The first-order chi connectivity index (χ1) is 9.49. The molecule has 0 bridgehead atoms. The van der Waals surface area contributed by atoms with E-state index in [0.717, 1.165) is 30.4 Å². The van der Waals surface area contributed by atoms with Gasteiger partial charge in [-0.2, -0.15) is 0 Å². The van der Waals surface area contributed by atoms with Crippen molar-refractivity contribution >= 4 is 23.1 Å². The lowest BCUT2D eigenvalue weighted by Gasteiger charge is -2.37. The summed E-state index contributed by atoms with van der Waals surface area (Å²) in [7, 11) is 1.66. The smallest absolute Gasteiger partial charge is 0.299 e. The molecule has 0 spiro atoms. The van der Waals surface area contributed by atoms with Crippen LogP contribution in [-0.4, -0.2) is 31.8 Å². The molecule has 20 heavy (non-hydrogen) atoms. The number of ketones is 1. The Kier molecular flexibility index (Phi) is 3.04. The van der Waals surface area contributed by atoms with Gasteiger partial charge in [0.05, 0.1) is 11.3 Å². The third-order valence-electron chi connectivity index (χ3n) is 4.79. The number of rotatable bonds is 1. The van der Waals surface area contributed by atoms with Crippen LogP contribution in [0, 0.1) is 11.8 Å². The van der Waals surface area contributed by atoms with Gasteiger partial charge in [0.15, 0.2) is 0 Å². The van der Waals surface area contributed by atoms with Gasteiger partial charge in [0.2, 0.25) is 0 Å². The number of benzene rings is 1. The lowest BCUT2D eigenvalue weighted by molar-refractivity contribution is -0.114. The van der Waals surface area contributed by atoms with Crippen molar-refractivity contribution < 1.29 is 9.59 Å². The van der Waals surface area contributed by atoms with Gasteiger partial charge >= 0.3 is 0 Å². The van der Waals surface area contributed by atoms with E-state index in [1.54, 1.807) is 13.1 Å². The van der Waals surface area contributed by atoms with Crippen LogP contribution in [0.1, 0.15) is 30.6 Å². The van der Waals surface area contributed by atoms with Crippen LogP contribution in [0.3, 0.4) is 0 Å². The molecule has 0 radical (unpaired) electrons. The number of carbonyl (C=O) groups is 2. The Hall–Kier alpha value is -1.84. The highest BCUT2D eigenvalue weighted by molar-refractivity contribution is 6.52. The van der Waals surface area contributed by atoms with Gasteiger partial charge in [-0.1, -0.05) is 13.8 Å². The van der Waals surface area contributed by atoms with E-state index in [-0.39, 0.29) is 0 Å². The standard InChI is InChI=1S/C16H20N2O2/c1-10-6-7-18(9-11(10)2)12-4-5-13-14(8-12)17(3)16(20)15(13)19/h4-5,8,10-11H,6-7,9H2,1-3H3. The zero-order valence-corrected chi connectivity index (χ0v) is 12.2. The first-order valence-electron chi connectivity index (χ1n) is 7.20. The summed E-state index contributed by atoms with van der Waals surface area (Å²) in [5.74, 6) is 0.594.